The molecule has 1 heterocycles. The Balaban J connectivity index is 0.00000312. The molecule has 1 aliphatic heterocycles. The van der Waals surface area contributed by atoms with E-state index in [0.717, 1.165) is 31.9 Å². The summed E-state index contributed by atoms with van der Waals surface area (Å²) < 4.78 is 25.5. The van der Waals surface area contributed by atoms with Gasteiger partial charge in [0.1, 0.15) is 0 Å². The summed E-state index contributed by atoms with van der Waals surface area (Å²) in [6.45, 7) is 9.03. The molecule has 0 radical (unpaired) electrons. The quantitative estimate of drug-likeness (QED) is 0.344. The van der Waals surface area contributed by atoms with Crippen LogP contribution in [0.1, 0.15) is 59.3 Å². The van der Waals surface area contributed by atoms with Gasteiger partial charge in [-0.15, -0.1) is 24.0 Å². The molecule has 0 atom stereocenters. The molecule has 2 fully saturated rings. The standard InChI is InChI=1S/C17H34N4O2S.HI/c1-4-18-16(19-14-17(3)10-6-7-11-17)20-15-8-12-21(13-9-15)24(22,23)5-2;/h15H,4-14H2,1-3H3,(H2,18,19,20);1H. The number of nitrogens with one attached hydrogen (secondary N) is 2. The highest BCUT2D eigenvalue weighted by atomic mass is 127. The molecule has 0 spiro atoms. The van der Waals surface area contributed by atoms with Gasteiger partial charge >= 0.3 is 0 Å². The fraction of sp³-hybridized carbons (Fsp3) is 0.941. The average molecular weight is 486 g/mol. The second kappa shape index (κ2) is 10.3. The second-order valence-electron chi connectivity index (χ2n) is 7.43. The molecule has 2 aliphatic rings. The lowest BCUT2D eigenvalue weighted by Gasteiger charge is -2.32. The first-order valence-electron chi connectivity index (χ1n) is 9.41. The van der Waals surface area contributed by atoms with Crippen LogP contribution >= 0.6 is 24.0 Å². The van der Waals surface area contributed by atoms with Crippen molar-refractivity contribution in [3.8, 4) is 0 Å². The van der Waals surface area contributed by atoms with E-state index < -0.39 is 10.0 Å². The zero-order chi connectivity index (χ0) is 17.6. The van der Waals surface area contributed by atoms with Crippen molar-refractivity contribution in [2.75, 3.05) is 31.9 Å². The largest absolute Gasteiger partial charge is 0.357 e. The molecule has 0 aromatic rings. The summed E-state index contributed by atoms with van der Waals surface area (Å²) >= 11 is 0. The highest BCUT2D eigenvalue weighted by Gasteiger charge is 2.29. The summed E-state index contributed by atoms with van der Waals surface area (Å²) in [4.78, 5) is 4.81. The van der Waals surface area contributed by atoms with Gasteiger partial charge in [-0.25, -0.2) is 12.7 Å². The summed E-state index contributed by atoms with van der Waals surface area (Å²) in [6.07, 6.45) is 6.84. The van der Waals surface area contributed by atoms with Crippen LogP contribution in [-0.4, -0.2) is 56.7 Å². The van der Waals surface area contributed by atoms with Gasteiger partial charge in [-0.05, 0) is 44.9 Å². The van der Waals surface area contributed by atoms with E-state index in [9.17, 15) is 8.42 Å². The third-order valence-electron chi connectivity index (χ3n) is 5.33. The fourth-order valence-electron chi connectivity index (χ4n) is 3.63. The van der Waals surface area contributed by atoms with Gasteiger partial charge in [0.25, 0.3) is 0 Å². The van der Waals surface area contributed by atoms with Gasteiger partial charge in [0.2, 0.25) is 10.0 Å². The summed E-state index contributed by atoms with van der Waals surface area (Å²) in [7, 11) is -3.05. The monoisotopic (exact) mass is 486 g/mol. The Morgan fingerprint density at radius 2 is 1.80 bits per heavy atom. The van der Waals surface area contributed by atoms with Crippen LogP contribution in [-0.2, 0) is 10.0 Å². The minimum Gasteiger partial charge on any atom is -0.357 e. The predicted octanol–water partition coefficient (Wildman–Crippen LogP) is 2.55. The summed E-state index contributed by atoms with van der Waals surface area (Å²) in [5.41, 5.74) is 0.348. The number of hydrogen-bond donors (Lipinski definition) is 2. The number of nitrogens with zero attached hydrogens (tertiary/aromatic N) is 2. The Morgan fingerprint density at radius 1 is 1.20 bits per heavy atom. The lowest BCUT2D eigenvalue weighted by atomic mass is 9.89. The van der Waals surface area contributed by atoms with Crippen molar-refractivity contribution >= 4 is 40.0 Å². The topological polar surface area (TPSA) is 73.8 Å². The van der Waals surface area contributed by atoms with Crippen LogP contribution < -0.4 is 10.6 Å². The highest BCUT2D eigenvalue weighted by Crippen LogP contribution is 2.37. The highest BCUT2D eigenvalue weighted by molar-refractivity contribution is 14.0. The normalized spacial score (nSPS) is 22.4. The Morgan fingerprint density at radius 3 is 2.32 bits per heavy atom. The molecule has 25 heavy (non-hydrogen) atoms. The molecule has 1 saturated carbocycles. The number of hydrogen-bond acceptors (Lipinski definition) is 3. The van der Waals surface area contributed by atoms with E-state index in [1.165, 1.54) is 25.7 Å². The summed E-state index contributed by atoms with van der Waals surface area (Å²) in [5, 5.41) is 6.84. The van der Waals surface area contributed by atoms with Gasteiger partial charge in [-0.1, -0.05) is 19.8 Å². The van der Waals surface area contributed by atoms with Crippen molar-refractivity contribution in [1.82, 2.24) is 14.9 Å². The molecular formula is C17H35IN4O2S. The SMILES string of the molecule is CCNC(=NCC1(C)CCCC1)NC1CCN(S(=O)(=O)CC)CC1.I. The third kappa shape index (κ3) is 6.86. The van der Waals surface area contributed by atoms with Crippen LogP contribution in [0, 0.1) is 5.41 Å². The lowest BCUT2D eigenvalue weighted by molar-refractivity contribution is 0.305. The van der Waals surface area contributed by atoms with Crippen LogP contribution in [0.3, 0.4) is 0 Å². The van der Waals surface area contributed by atoms with Gasteiger partial charge in [-0.2, -0.15) is 0 Å². The molecule has 0 amide bonds. The average Bonchev–Trinajstić information content (AvgIpc) is 3.00. The molecule has 8 heteroatoms. The molecule has 1 aliphatic carbocycles. The third-order valence-corrected chi connectivity index (χ3v) is 7.21. The van der Waals surface area contributed by atoms with E-state index in [1.807, 2.05) is 0 Å². The zero-order valence-corrected chi connectivity index (χ0v) is 19.0. The van der Waals surface area contributed by atoms with Gasteiger partial charge < -0.3 is 10.6 Å². The van der Waals surface area contributed by atoms with Crippen LogP contribution in [0.25, 0.3) is 0 Å². The van der Waals surface area contributed by atoms with E-state index in [-0.39, 0.29) is 29.7 Å². The molecule has 2 N–H and O–H groups in total. The van der Waals surface area contributed by atoms with Gasteiger partial charge in [0, 0.05) is 32.2 Å². The minimum atomic E-state index is -3.05. The Bertz CT molecular complexity index is 525. The van der Waals surface area contributed by atoms with Crippen LogP contribution in [0.4, 0.5) is 0 Å². The summed E-state index contributed by atoms with van der Waals surface area (Å²) in [5.74, 6) is 1.07. The molecule has 1 saturated heterocycles. The number of sulfonamides is 1. The zero-order valence-electron chi connectivity index (χ0n) is 15.9. The maximum Gasteiger partial charge on any atom is 0.213 e. The molecule has 148 valence electrons. The maximum atomic E-state index is 11.9. The number of rotatable bonds is 6. The Labute approximate surface area is 170 Å². The van der Waals surface area contributed by atoms with Crippen LogP contribution in [0.5, 0.6) is 0 Å². The van der Waals surface area contributed by atoms with Crippen molar-refractivity contribution in [2.45, 2.75) is 65.3 Å². The summed E-state index contributed by atoms with van der Waals surface area (Å²) in [6, 6.07) is 0.294. The number of guanidine groups is 1. The molecule has 0 bridgehead atoms. The van der Waals surface area contributed by atoms with E-state index in [4.69, 9.17) is 4.99 Å². The smallest absolute Gasteiger partial charge is 0.213 e. The molecule has 0 aromatic heterocycles. The lowest BCUT2D eigenvalue weighted by Crippen LogP contribution is -2.50. The van der Waals surface area contributed by atoms with Crippen molar-refractivity contribution in [2.24, 2.45) is 10.4 Å². The molecule has 0 unspecified atom stereocenters. The van der Waals surface area contributed by atoms with Crippen molar-refractivity contribution in [3.63, 3.8) is 0 Å². The van der Waals surface area contributed by atoms with Crippen molar-refractivity contribution in [3.05, 3.63) is 0 Å². The van der Waals surface area contributed by atoms with E-state index in [1.54, 1.807) is 11.2 Å². The van der Waals surface area contributed by atoms with E-state index in [2.05, 4.69) is 24.5 Å². The van der Waals surface area contributed by atoms with Crippen LogP contribution in [0.2, 0.25) is 0 Å². The molecule has 0 aromatic carbocycles. The molecule has 6 nitrogen and oxygen atoms in total. The number of aliphatic imine (C=N–C) groups is 1. The number of piperidine rings is 1. The van der Waals surface area contributed by atoms with Crippen molar-refractivity contribution in [1.29, 1.82) is 0 Å². The Hall–Kier alpha value is -0.0900. The van der Waals surface area contributed by atoms with Gasteiger partial charge in [0.15, 0.2) is 5.96 Å². The van der Waals surface area contributed by atoms with E-state index in [0.29, 0.717) is 24.5 Å². The molecule has 2 rings (SSSR count). The van der Waals surface area contributed by atoms with Gasteiger partial charge in [0.05, 0.1) is 5.75 Å². The van der Waals surface area contributed by atoms with Gasteiger partial charge in [-0.3, -0.25) is 4.99 Å². The number of halogens is 1. The Kier molecular flexibility index (Phi) is 9.45. The fourth-order valence-corrected chi connectivity index (χ4v) is 4.76. The van der Waals surface area contributed by atoms with E-state index >= 15 is 0 Å². The van der Waals surface area contributed by atoms with Crippen molar-refractivity contribution < 1.29 is 8.42 Å². The van der Waals surface area contributed by atoms with Crippen LogP contribution in [0.15, 0.2) is 4.99 Å². The minimum absolute atomic E-state index is 0. The maximum absolute atomic E-state index is 11.9. The predicted molar refractivity (Wildman–Crippen MR) is 115 cm³/mol. The first-order valence-corrected chi connectivity index (χ1v) is 11.0. The molecular weight excluding hydrogens is 451 g/mol. The second-order valence-corrected chi connectivity index (χ2v) is 9.69. The first kappa shape index (κ1) is 23.0. The first-order chi connectivity index (χ1) is 11.4.